The van der Waals surface area contributed by atoms with Crippen molar-refractivity contribution in [1.82, 2.24) is 4.98 Å². The summed E-state index contributed by atoms with van der Waals surface area (Å²) in [6.07, 6.45) is -3.45. The summed E-state index contributed by atoms with van der Waals surface area (Å²) < 4.78 is 36.8. The van der Waals surface area contributed by atoms with Gasteiger partial charge in [-0.1, -0.05) is 0 Å². The highest BCUT2D eigenvalue weighted by molar-refractivity contribution is 5.49. The molecule has 0 radical (unpaired) electrons. The number of pyridine rings is 1. The third-order valence-corrected chi connectivity index (χ3v) is 1.49. The molecule has 3 nitrogen and oxygen atoms in total. The molecule has 6 heteroatoms. The summed E-state index contributed by atoms with van der Waals surface area (Å²) in [6, 6.07) is 1.04. The molecule has 0 atom stereocenters. The summed E-state index contributed by atoms with van der Waals surface area (Å²) in [4.78, 5) is 3.37. The SMILES string of the molecule is Nc1ccnc(CO)c1C(F)(F)F. The lowest BCUT2D eigenvalue weighted by molar-refractivity contribution is -0.138. The van der Waals surface area contributed by atoms with Gasteiger partial charge in [0.2, 0.25) is 0 Å². The number of aliphatic hydroxyl groups is 1. The number of hydrogen-bond donors (Lipinski definition) is 2. The van der Waals surface area contributed by atoms with E-state index in [-0.39, 0.29) is 0 Å². The summed E-state index contributed by atoms with van der Waals surface area (Å²) in [5, 5.41) is 8.59. The smallest absolute Gasteiger partial charge is 0.398 e. The lowest BCUT2D eigenvalue weighted by atomic mass is 10.1. The Hall–Kier alpha value is -1.30. The number of nitrogen functional groups attached to an aromatic ring is 1. The van der Waals surface area contributed by atoms with Crippen molar-refractivity contribution < 1.29 is 18.3 Å². The van der Waals surface area contributed by atoms with Crippen molar-refractivity contribution >= 4 is 5.69 Å². The maximum absolute atomic E-state index is 12.3. The van der Waals surface area contributed by atoms with Gasteiger partial charge in [-0.2, -0.15) is 13.2 Å². The first-order valence-corrected chi connectivity index (χ1v) is 3.38. The highest BCUT2D eigenvalue weighted by Crippen LogP contribution is 2.35. The summed E-state index contributed by atoms with van der Waals surface area (Å²) >= 11 is 0. The molecule has 0 aliphatic carbocycles. The molecule has 1 aromatic rings. The summed E-state index contributed by atoms with van der Waals surface area (Å²) in [5.41, 5.74) is 3.18. The van der Waals surface area contributed by atoms with E-state index < -0.39 is 29.7 Å². The minimum atomic E-state index is -4.57. The largest absolute Gasteiger partial charge is 0.420 e. The van der Waals surface area contributed by atoms with Crippen LogP contribution in [0.1, 0.15) is 11.3 Å². The molecule has 13 heavy (non-hydrogen) atoms. The van der Waals surface area contributed by atoms with E-state index in [1.54, 1.807) is 0 Å². The number of aliphatic hydroxyl groups excluding tert-OH is 1. The normalized spacial score (nSPS) is 11.7. The maximum atomic E-state index is 12.3. The van der Waals surface area contributed by atoms with Crippen molar-refractivity contribution in [1.29, 1.82) is 0 Å². The van der Waals surface area contributed by atoms with Gasteiger partial charge in [-0.3, -0.25) is 4.98 Å². The van der Waals surface area contributed by atoms with Crippen LogP contribution in [0.5, 0.6) is 0 Å². The molecule has 1 heterocycles. The molecule has 3 N–H and O–H groups in total. The monoisotopic (exact) mass is 192 g/mol. The average Bonchev–Trinajstić information content (AvgIpc) is 2.01. The fourth-order valence-corrected chi connectivity index (χ4v) is 0.969. The summed E-state index contributed by atoms with van der Waals surface area (Å²) in [7, 11) is 0. The summed E-state index contributed by atoms with van der Waals surface area (Å²) in [6.45, 7) is -0.778. The second-order valence-corrected chi connectivity index (χ2v) is 2.38. The van der Waals surface area contributed by atoms with E-state index in [2.05, 4.69) is 4.98 Å². The summed E-state index contributed by atoms with van der Waals surface area (Å²) in [5.74, 6) is 0. The first kappa shape index (κ1) is 9.79. The Labute approximate surface area is 72.0 Å². The molecule has 1 aromatic heterocycles. The molecule has 0 aromatic carbocycles. The Morgan fingerprint density at radius 3 is 2.46 bits per heavy atom. The Bertz CT molecular complexity index is 311. The van der Waals surface area contributed by atoms with Crippen LogP contribution in [-0.2, 0) is 12.8 Å². The van der Waals surface area contributed by atoms with Gasteiger partial charge in [0.1, 0.15) is 5.56 Å². The van der Waals surface area contributed by atoms with Crippen LogP contribution >= 0.6 is 0 Å². The topological polar surface area (TPSA) is 59.1 Å². The molecular formula is C7H7F3N2O. The van der Waals surface area contributed by atoms with Gasteiger partial charge in [0.25, 0.3) is 0 Å². The minimum Gasteiger partial charge on any atom is -0.398 e. The van der Waals surface area contributed by atoms with E-state index in [0.717, 1.165) is 12.3 Å². The number of anilines is 1. The van der Waals surface area contributed by atoms with E-state index in [9.17, 15) is 13.2 Å². The van der Waals surface area contributed by atoms with E-state index in [1.165, 1.54) is 0 Å². The van der Waals surface area contributed by atoms with Crippen LogP contribution in [0, 0.1) is 0 Å². The minimum absolute atomic E-state index is 0.424. The predicted octanol–water partition coefficient (Wildman–Crippen LogP) is 1.17. The zero-order valence-electron chi connectivity index (χ0n) is 6.47. The van der Waals surface area contributed by atoms with Crippen molar-refractivity contribution in [3.63, 3.8) is 0 Å². The van der Waals surface area contributed by atoms with Gasteiger partial charge < -0.3 is 10.8 Å². The fourth-order valence-electron chi connectivity index (χ4n) is 0.969. The maximum Gasteiger partial charge on any atom is 0.420 e. The predicted molar refractivity (Wildman–Crippen MR) is 39.6 cm³/mol. The van der Waals surface area contributed by atoms with Crippen molar-refractivity contribution in [2.45, 2.75) is 12.8 Å². The molecule has 0 aliphatic heterocycles. The molecule has 0 aliphatic rings. The standard InChI is InChI=1S/C7H7F3N2O/c8-7(9,10)6-4(11)1-2-12-5(6)3-13/h1-2,13H,3H2,(H2,11,12). The molecule has 0 saturated carbocycles. The third-order valence-electron chi connectivity index (χ3n) is 1.49. The Morgan fingerprint density at radius 1 is 1.46 bits per heavy atom. The van der Waals surface area contributed by atoms with Crippen LogP contribution in [-0.4, -0.2) is 10.1 Å². The van der Waals surface area contributed by atoms with Gasteiger partial charge in [-0.25, -0.2) is 0 Å². The number of nitrogens with zero attached hydrogens (tertiary/aromatic N) is 1. The average molecular weight is 192 g/mol. The molecule has 1 rings (SSSR count). The number of aromatic nitrogens is 1. The van der Waals surface area contributed by atoms with E-state index in [4.69, 9.17) is 10.8 Å². The van der Waals surface area contributed by atoms with Crippen LogP contribution < -0.4 is 5.73 Å². The first-order valence-electron chi connectivity index (χ1n) is 3.38. The quantitative estimate of drug-likeness (QED) is 0.702. The molecule has 0 unspecified atom stereocenters. The van der Waals surface area contributed by atoms with Gasteiger partial charge in [0, 0.05) is 11.9 Å². The number of rotatable bonds is 1. The van der Waals surface area contributed by atoms with Crippen LogP contribution in [0.3, 0.4) is 0 Å². The van der Waals surface area contributed by atoms with Crippen LogP contribution in [0.4, 0.5) is 18.9 Å². The molecule has 0 amide bonds. The van der Waals surface area contributed by atoms with Crippen LogP contribution in [0.25, 0.3) is 0 Å². The highest BCUT2D eigenvalue weighted by Gasteiger charge is 2.36. The molecule has 0 fully saturated rings. The second kappa shape index (κ2) is 3.21. The molecule has 0 saturated heterocycles. The molecule has 0 bridgehead atoms. The third kappa shape index (κ3) is 1.89. The van der Waals surface area contributed by atoms with E-state index >= 15 is 0 Å². The van der Waals surface area contributed by atoms with Gasteiger partial charge in [-0.15, -0.1) is 0 Å². The first-order chi connectivity index (χ1) is 5.96. The molecule has 72 valence electrons. The van der Waals surface area contributed by atoms with E-state index in [1.807, 2.05) is 0 Å². The Kier molecular flexibility index (Phi) is 2.42. The van der Waals surface area contributed by atoms with Crippen molar-refractivity contribution in [2.75, 3.05) is 5.73 Å². The fraction of sp³-hybridized carbons (Fsp3) is 0.286. The number of nitrogens with two attached hydrogens (primary N) is 1. The lowest BCUT2D eigenvalue weighted by Crippen LogP contribution is -2.13. The van der Waals surface area contributed by atoms with Gasteiger partial charge in [0.15, 0.2) is 0 Å². The molecular weight excluding hydrogens is 185 g/mol. The van der Waals surface area contributed by atoms with Crippen LogP contribution in [0.15, 0.2) is 12.3 Å². The van der Waals surface area contributed by atoms with Gasteiger partial charge >= 0.3 is 6.18 Å². The van der Waals surface area contributed by atoms with Gasteiger partial charge in [0.05, 0.1) is 12.3 Å². The van der Waals surface area contributed by atoms with Gasteiger partial charge in [-0.05, 0) is 6.07 Å². The number of halogens is 3. The van der Waals surface area contributed by atoms with Crippen LogP contribution in [0.2, 0.25) is 0 Å². The molecule has 0 spiro atoms. The van der Waals surface area contributed by atoms with Crippen molar-refractivity contribution in [3.05, 3.63) is 23.5 Å². The second-order valence-electron chi connectivity index (χ2n) is 2.38. The lowest BCUT2D eigenvalue weighted by Gasteiger charge is -2.12. The highest BCUT2D eigenvalue weighted by atomic mass is 19.4. The van der Waals surface area contributed by atoms with E-state index in [0.29, 0.717) is 0 Å². The van der Waals surface area contributed by atoms with Crippen molar-refractivity contribution in [3.8, 4) is 0 Å². The Balaban J connectivity index is 3.32. The Morgan fingerprint density at radius 2 is 2.08 bits per heavy atom. The zero-order chi connectivity index (χ0) is 10.1. The number of hydrogen-bond acceptors (Lipinski definition) is 3. The zero-order valence-corrected chi connectivity index (χ0v) is 6.47. The number of alkyl halides is 3. The van der Waals surface area contributed by atoms with Crippen molar-refractivity contribution in [2.24, 2.45) is 0 Å².